The summed E-state index contributed by atoms with van der Waals surface area (Å²) in [6.07, 6.45) is -0.136. The molecule has 3 N–H and O–H groups in total. The Morgan fingerprint density at radius 2 is 2.25 bits per heavy atom. The molecule has 1 aromatic carbocycles. The predicted octanol–water partition coefficient (Wildman–Crippen LogP) is 1.32. The molecule has 1 aromatic rings. The van der Waals surface area contributed by atoms with Gasteiger partial charge in [-0.3, -0.25) is 14.4 Å². The Morgan fingerprint density at radius 3 is 2.95 bits per heavy atom. The van der Waals surface area contributed by atoms with Crippen molar-refractivity contribution in [2.75, 3.05) is 11.1 Å². The van der Waals surface area contributed by atoms with Crippen molar-refractivity contribution >= 4 is 35.2 Å². The van der Waals surface area contributed by atoms with Crippen LogP contribution in [0.15, 0.2) is 23.1 Å². The third kappa shape index (κ3) is 3.51. The molecule has 0 fully saturated rings. The molecule has 1 heterocycles. The summed E-state index contributed by atoms with van der Waals surface area (Å²) < 4.78 is 0. The summed E-state index contributed by atoms with van der Waals surface area (Å²) in [7, 11) is 0. The monoisotopic (exact) mass is 294 g/mol. The first kappa shape index (κ1) is 14.4. The minimum Gasteiger partial charge on any atom is -0.481 e. The number of carboxylic acid groups (broad SMARTS) is 1. The Hall–Kier alpha value is -2.02. The first-order valence-corrected chi connectivity index (χ1v) is 7.03. The van der Waals surface area contributed by atoms with Gasteiger partial charge in [0, 0.05) is 16.5 Å². The Morgan fingerprint density at radius 1 is 1.50 bits per heavy atom. The van der Waals surface area contributed by atoms with Gasteiger partial charge in [-0.15, -0.1) is 11.8 Å². The molecular formula is C13H14N2O4S. The fourth-order valence-electron chi connectivity index (χ4n) is 1.84. The van der Waals surface area contributed by atoms with Gasteiger partial charge in [0.2, 0.25) is 5.91 Å². The van der Waals surface area contributed by atoms with E-state index < -0.39 is 12.0 Å². The maximum atomic E-state index is 12.0. The van der Waals surface area contributed by atoms with E-state index in [2.05, 4.69) is 10.6 Å². The molecule has 1 aliphatic rings. The van der Waals surface area contributed by atoms with Crippen LogP contribution in [-0.4, -0.2) is 34.7 Å². The van der Waals surface area contributed by atoms with Gasteiger partial charge >= 0.3 is 5.97 Å². The van der Waals surface area contributed by atoms with Crippen LogP contribution >= 0.6 is 11.8 Å². The first-order chi connectivity index (χ1) is 9.45. The third-order valence-electron chi connectivity index (χ3n) is 2.73. The van der Waals surface area contributed by atoms with Gasteiger partial charge in [-0.05, 0) is 25.1 Å². The summed E-state index contributed by atoms with van der Waals surface area (Å²) in [6, 6.07) is 4.57. The molecule has 0 spiro atoms. The second-order valence-corrected chi connectivity index (χ2v) is 5.54. The number of anilines is 1. The number of carbonyl (C=O) groups excluding carboxylic acids is 2. The van der Waals surface area contributed by atoms with Crippen molar-refractivity contribution < 1.29 is 19.5 Å². The lowest BCUT2D eigenvalue weighted by Crippen LogP contribution is -2.34. The van der Waals surface area contributed by atoms with Gasteiger partial charge in [0.25, 0.3) is 5.91 Å². The van der Waals surface area contributed by atoms with Crippen LogP contribution in [0.5, 0.6) is 0 Å². The largest absolute Gasteiger partial charge is 0.481 e. The molecule has 2 rings (SSSR count). The van der Waals surface area contributed by atoms with E-state index in [1.54, 1.807) is 25.1 Å². The standard InChI is InChI=1S/C13H14N2O4S/c1-7(4-12(17)18)14-13(19)8-2-3-10-9(5-8)15-11(16)6-20-10/h2-3,5,7H,4,6H2,1H3,(H,14,19)(H,15,16)(H,17,18). The highest BCUT2D eigenvalue weighted by Crippen LogP contribution is 2.31. The van der Waals surface area contributed by atoms with Crippen LogP contribution in [0.3, 0.4) is 0 Å². The normalized spacial score (nSPS) is 14.9. The van der Waals surface area contributed by atoms with Gasteiger partial charge in [0.1, 0.15) is 0 Å². The van der Waals surface area contributed by atoms with E-state index in [9.17, 15) is 14.4 Å². The lowest BCUT2D eigenvalue weighted by atomic mass is 10.1. The van der Waals surface area contributed by atoms with Crippen molar-refractivity contribution in [3.05, 3.63) is 23.8 Å². The number of thioether (sulfide) groups is 1. The van der Waals surface area contributed by atoms with Crippen molar-refractivity contribution in [3.63, 3.8) is 0 Å². The summed E-state index contributed by atoms with van der Waals surface area (Å²) in [5.74, 6) is -1.05. The molecule has 106 valence electrons. The Balaban J connectivity index is 2.09. The van der Waals surface area contributed by atoms with Gasteiger partial charge in [-0.2, -0.15) is 0 Å². The summed E-state index contributed by atoms with van der Waals surface area (Å²) in [6.45, 7) is 1.63. The molecule has 1 aliphatic heterocycles. The molecule has 0 saturated heterocycles. The number of fused-ring (bicyclic) bond motifs is 1. The number of nitrogens with one attached hydrogen (secondary N) is 2. The zero-order chi connectivity index (χ0) is 14.7. The number of benzene rings is 1. The summed E-state index contributed by atoms with van der Waals surface area (Å²) in [4.78, 5) is 34.8. The highest BCUT2D eigenvalue weighted by Gasteiger charge is 2.18. The second kappa shape index (κ2) is 5.96. The van der Waals surface area contributed by atoms with E-state index in [0.717, 1.165) is 4.90 Å². The van der Waals surface area contributed by atoms with Gasteiger partial charge in [-0.1, -0.05) is 0 Å². The number of aliphatic carboxylic acids is 1. The van der Waals surface area contributed by atoms with Crippen molar-refractivity contribution in [2.24, 2.45) is 0 Å². The van der Waals surface area contributed by atoms with Gasteiger partial charge in [0.05, 0.1) is 17.9 Å². The number of hydrogen-bond donors (Lipinski definition) is 3. The first-order valence-electron chi connectivity index (χ1n) is 6.05. The molecule has 0 bridgehead atoms. The van der Waals surface area contributed by atoms with Crippen LogP contribution in [0.2, 0.25) is 0 Å². The van der Waals surface area contributed by atoms with Crippen LogP contribution in [-0.2, 0) is 9.59 Å². The van der Waals surface area contributed by atoms with Gasteiger partial charge in [0.15, 0.2) is 0 Å². The minimum atomic E-state index is -0.966. The summed E-state index contributed by atoms with van der Waals surface area (Å²) in [5, 5.41) is 14.0. The van der Waals surface area contributed by atoms with Crippen molar-refractivity contribution in [3.8, 4) is 0 Å². The smallest absolute Gasteiger partial charge is 0.305 e. The Bertz CT molecular complexity index is 573. The molecule has 1 atom stereocenters. The van der Waals surface area contributed by atoms with Gasteiger partial charge in [-0.25, -0.2) is 0 Å². The SMILES string of the molecule is CC(CC(=O)O)NC(=O)c1ccc2c(c1)NC(=O)CS2. The molecular weight excluding hydrogens is 280 g/mol. The van der Waals surface area contributed by atoms with Gasteiger partial charge < -0.3 is 15.7 Å². The Labute approximate surface area is 119 Å². The number of hydrogen-bond acceptors (Lipinski definition) is 4. The predicted molar refractivity (Wildman–Crippen MR) is 75.0 cm³/mol. The van der Waals surface area contributed by atoms with Crippen molar-refractivity contribution in [1.29, 1.82) is 0 Å². The zero-order valence-electron chi connectivity index (χ0n) is 10.8. The van der Waals surface area contributed by atoms with Crippen LogP contribution in [0.1, 0.15) is 23.7 Å². The summed E-state index contributed by atoms with van der Waals surface area (Å²) >= 11 is 1.42. The second-order valence-electron chi connectivity index (χ2n) is 4.52. The number of carboxylic acids is 1. The zero-order valence-corrected chi connectivity index (χ0v) is 11.6. The lowest BCUT2D eigenvalue weighted by Gasteiger charge is -2.17. The molecule has 2 amide bonds. The fourth-order valence-corrected chi connectivity index (χ4v) is 2.63. The highest BCUT2D eigenvalue weighted by atomic mass is 32.2. The number of rotatable bonds is 4. The molecule has 6 nitrogen and oxygen atoms in total. The van der Waals surface area contributed by atoms with E-state index >= 15 is 0 Å². The molecule has 0 aromatic heterocycles. The molecule has 1 unspecified atom stereocenters. The molecule has 7 heteroatoms. The maximum absolute atomic E-state index is 12.0. The molecule has 0 radical (unpaired) electrons. The van der Waals surface area contributed by atoms with Crippen LogP contribution in [0, 0.1) is 0 Å². The molecule has 20 heavy (non-hydrogen) atoms. The average molecular weight is 294 g/mol. The highest BCUT2D eigenvalue weighted by molar-refractivity contribution is 8.00. The van der Waals surface area contributed by atoms with Crippen LogP contribution < -0.4 is 10.6 Å². The van der Waals surface area contributed by atoms with E-state index in [1.165, 1.54) is 11.8 Å². The maximum Gasteiger partial charge on any atom is 0.305 e. The van der Waals surface area contributed by atoms with E-state index in [1.807, 2.05) is 0 Å². The van der Waals surface area contributed by atoms with Crippen LogP contribution in [0.4, 0.5) is 5.69 Å². The third-order valence-corrected chi connectivity index (χ3v) is 3.81. The Kier molecular flexibility index (Phi) is 4.29. The quantitative estimate of drug-likeness (QED) is 0.778. The number of carbonyl (C=O) groups is 3. The lowest BCUT2D eigenvalue weighted by molar-refractivity contribution is -0.137. The number of amides is 2. The molecule has 0 saturated carbocycles. The van der Waals surface area contributed by atoms with Crippen molar-refractivity contribution in [1.82, 2.24) is 5.32 Å². The van der Waals surface area contributed by atoms with E-state index in [4.69, 9.17) is 5.11 Å². The van der Waals surface area contributed by atoms with Crippen LogP contribution in [0.25, 0.3) is 0 Å². The topological polar surface area (TPSA) is 95.5 Å². The fraction of sp³-hybridized carbons (Fsp3) is 0.308. The van der Waals surface area contributed by atoms with Crippen molar-refractivity contribution in [2.45, 2.75) is 24.3 Å². The molecule has 0 aliphatic carbocycles. The average Bonchev–Trinajstić information content (AvgIpc) is 2.36. The van der Waals surface area contributed by atoms with E-state index in [0.29, 0.717) is 17.0 Å². The summed E-state index contributed by atoms with van der Waals surface area (Å²) in [5.41, 5.74) is 1.01. The minimum absolute atomic E-state index is 0.0979. The van der Waals surface area contributed by atoms with E-state index in [-0.39, 0.29) is 18.2 Å².